The van der Waals surface area contributed by atoms with Gasteiger partial charge < -0.3 is 15.6 Å². The lowest BCUT2D eigenvalue weighted by Gasteiger charge is -2.27. The van der Waals surface area contributed by atoms with Crippen LogP contribution in [-0.4, -0.2) is 23.2 Å². The van der Waals surface area contributed by atoms with Gasteiger partial charge in [0.15, 0.2) is 6.04 Å². The molecular weight excluding hydrogens is 278 g/mol. The number of halogens is 1. The van der Waals surface area contributed by atoms with Gasteiger partial charge >= 0.3 is 5.97 Å². The Labute approximate surface area is 120 Å². The van der Waals surface area contributed by atoms with E-state index in [0.29, 0.717) is 10.2 Å². The topological polar surface area (TPSA) is 72.6 Å². The fourth-order valence-corrected chi connectivity index (χ4v) is 2.57. The van der Waals surface area contributed by atoms with Gasteiger partial charge in [-0.05, 0) is 23.4 Å². The van der Waals surface area contributed by atoms with Gasteiger partial charge in [-0.2, -0.15) is 0 Å². The van der Waals surface area contributed by atoms with Gasteiger partial charge in [0.1, 0.15) is 11.9 Å². The quantitative estimate of drug-likeness (QED) is 0.833. The van der Waals surface area contributed by atoms with E-state index in [9.17, 15) is 4.79 Å². The van der Waals surface area contributed by atoms with Gasteiger partial charge in [-0.15, -0.1) is 0 Å². The van der Waals surface area contributed by atoms with Gasteiger partial charge in [-0.1, -0.05) is 35.9 Å². The minimum absolute atomic E-state index is 0.240. The monoisotopic (exact) mass is 289 g/mol. The maximum atomic E-state index is 11.2. The van der Waals surface area contributed by atoms with E-state index in [-0.39, 0.29) is 11.9 Å². The third-order valence-corrected chi connectivity index (χ3v) is 3.57. The molecule has 0 saturated carbocycles. The standard InChI is InChI=1S/C15H12ClNO3/c16-8-5-6-9-10-3-1-2-4-12(10)20-14(11(9)7-8)13(17)15(18)19/h1-7,12-13H,17H2,(H,18,19). The summed E-state index contributed by atoms with van der Waals surface area (Å²) in [5.41, 5.74) is 6.69. The van der Waals surface area contributed by atoms with Crippen molar-refractivity contribution in [3.63, 3.8) is 0 Å². The Kier molecular flexibility index (Phi) is 3.12. The number of benzene rings is 1. The van der Waals surface area contributed by atoms with Crippen molar-refractivity contribution in [2.75, 3.05) is 0 Å². The minimum atomic E-state index is -1.21. The maximum Gasteiger partial charge on any atom is 0.328 e. The number of hydrogen-bond acceptors (Lipinski definition) is 3. The molecule has 2 aliphatic rings. The van der Waals surface area contributed by atoms with E-state index in [1.54, 1.807) is 12.1 Å². The van der Waals surface area contributed by atoms with Crippen LogP contribution in [0.1, 0.15) is 0 Å². The fourth-order valence-electron chi connectivity index (χ4n) is 2.39. The maximum absolute atomic E-state index is 11.2. The van der Waals surface area contributed by atoms with Crippen LogP contribution in [0.15, 0.2) is 42.5 Å². The fraction of sp³-hybridized carbons (Fsp3) is 0.133. The lowest BCUT2D eigenvalue weighted by atomic mass is 9.96. The van der Waals surface area contributed by atoms with Crippen molar-refractivity contribution in [2.45, 2.75) is 12.1 Å². The first-order chi connectivity index (χ1) is 9.58. The van der Waals surface area contributed by atoms with Gasteiger partial charge in [-0.25, -0.2) is 0 Å². The normalized spacial score (nSPS) is 21.0. The van der Waals surface area contributed by atoms with Crippen LogP contribution in [0.2, 0.25) is 5.02 Å². The molecule has 102 valence electrons. The molecule has 0 spiro atoms. The van der Waals surface area contributed by atoms with Crippen LogP contribution < -0.4 is 16.2 Å². The predicted octanol–water partition coefficient (Wildman–Crippen LogP) is 0.536. The second-order valence-electron chi connectivity index (χ2n) is 4.61. The molecule has 4 nitrogen and oxygen atoms in total. The molecular formula is C15H12ClNO3. The molecule has 1 aromatic carbocycles. The van der Waals surface area contributed by atoms with Crippen molar-refractivity contribution in [3.05, 3.63) is 58.0 Å². The number of carbonyl (C=O) groups is 1. The number of ether oxygens (including phenoxy) is 1. The molecule has 0 radical (unpaired) electrons. The lowest BCUT2D eigenvalue weighted by molar-refractivity contribution is -0.137. The highest BCUT2D eigenvalue weighted by Crippen LogP contribution is 2.22. The largest absolute Gasteiger partial charge is 0.483 e. The summed E-state index contributed by atoms with van der Waals surface area (Å²) in [4.78, 5) is 11.2. The van der Waals surface area contributed by atoms with Crippen molar-refractivity contribution in [1.29, 1.82) is 0 Å². The number of rotatable bonds is 2. The molecule has 5 heteroatoms. The summed E-state index contributed by atoms with van der Waals surface area (Å²) in [5, 5.41) is 11.2. The van der Waals surface area contributed by atoms with Crippen molar-refractivity contribution in [2.24, 2.45) is 5.73 Å². The molecule has 2 unspecified atom stereocenters. The zero-order chi connectivity index (χ0) is 14.3. The number of fused-ring (bicyclic) bond motifs is 2. The van der Waals surface area contributed by atoms with E-state index in [0.717, 1.165) is 10.8 Å². The van der Waals surface area contributed by atoms with E-state index in [1.807, 2.05) is 30.4 Å². The van der Waals surface area contributed by atoms with Crippen LogP contribution in [0.5, 0.6) is 0 Å². The van der Waals surface area contributed by atoms with E-state index >= 15 is 0 Å². The average molecular weight is 290 g/mol. The first-order valence-corrected chi connectivity index (χ1v) is 6.49. The number of allylic oxidation sites excluding steroid dienone is 2. The molecule has 0 saturated heterocycles. The molecule has 20 heavy (non-hydrogen) atoms. The molecule has 0 fully saturated rings. The Hall–Kier alpha value is -2.04. The van der Waals surface area contributed by atoms with Crippen molar-refractivity contribution in [3.8, 4) is 0 Å². The number of hydrogen-bond donors (Lipinski definition) is 2. The molecule has 0 aromatic heterocycles. The van der Waals surface area contributed by atoms with Crippen LogP contribution in [0.4, 0.5) is 0 Å². The second kappa shape index (κ2) is 4.81. The highest BCUT2D eigenvalue weighted by Gasteiger charge is 2.28. The molecule has 0 amide bonds. The molecule has 3 rings (SSSR count). The molecule has 2 atom stereocenters. The first kappa shape index (κ1) is 13.0. The van der Waals surface area contributed by atoms with Gasteiger partial charge in [0, 0.05) is 15.8 Å². The highest BCUT2D eigenvalue weighted by atomic mass is 35.5. The van der Waals surface area contributed by atoms with Crippen molar-refractivity contribution < 1.29 is 14.6 Å². The summed E-state index contributed by atoms with van der Waals surface area (Å²) in [7, 11) is 0. The molecule has 1 aliphatic heterocycles. The summed E-state index contributed by atoms with van der Waals surface area (Å²) < 4.78 is 5.77. The van der Waals surface area contributed by atoms with E-state index in [4.69, 9.17) is 27.2 Å². The third kappa shape index (κ3) is 2.03. The Morgan fingerprint density at radius 2 is 2.15 bits per heavy atom. The zero-order valence-electron chi connectivity index (χ0n) is 10.4. The summed E-state index contributed by atoms with van der Waals surface area (Å²) >= 11 is 6.00. The lowest BCUT2D eigenvalue weighted by Crippen LogP contribution is -2.45. The summed E-state index contributed by atoms with van der Waals surface area (Å²) in [6, 6.07) is 4.10. The van der Waals surface area contributed by atoms with Crippen LogP contribution in [-0.2, 0) is 9.53 Å². The van der Waals surface area contributed by atoms with Crippen molar-refractivity contribution in [1.82, 2.24) is 0 Å². The Morgan fingerprint density at radius 3 is 2.90 bits per heavy atom. The summed E-state index contributed by atoms with van der Waals surface area (Å²) in [5.74, 6) is -0.895. The zero-order valence-corrected chi connectivity index (χ0v) is 11.2. The second-order valence-corrected chi connectivity index (χ2v) is 5.04. The van der Waals surface area contributed by atoms with Gasteiger partial charge in [0.2, 0.25) is 0 Å². The highest BCUT2D eigenvalue weighted by molar-refractivity contribution is 6.30. The predicted molar refractivity (Wildman–Crippen MR) is 76.3 cm³/mol. The number of carboxylic acids is 1. The summed E-state index contributed by atoms with van der Waals surface area (Å²) in [6.07, 6.45) is 7.27. The average Bonchev–Trinajstić information content (AvgIpc) is 2.45. The molecule has 1 heterocycles. The number of carboxylic acid groups (broad SMARTS) is 1. The molecule has 1 aliphatic carbocycles. The van der Waals surface area contributed by atoms with E-state index in [2.05, 4.69) is 0 Å². The van der Waals surface area contributed by atoms with E-state index in [1.165, 1.54) is 0 Å². The molecule has 3 N–H and O–H groups in total. The molecule has 1 aromatic rings. The Morgan fingerprint density at radius 1 is 1.35 bits per heavy atom. The SMILES string of the molecule is NC(C(=O)O)C1=c2cc(Cl)ccc2=C2C=CC=CC2O1. The van der Waals surface area contributed by atoms with Crippen LogP contribution in [0.3, 0.4) is 0 Å². The smallest absolute Gasteiger partial charge is 0.328 e. The van der Waals surface area contributed by atoms with Crippen LogP contribution in [0, 0.1) is 0 Å². The van der Waals surface area contributed by atoms with Crippen LogP contribution >= 0.6 is 11.6 Å². The number of aliphatic carboxylic acids is 1. The summed E-state index contributed by atoms with van der Waals surface area (Å²) in [6.45, 7) is 0. The van der Waals surface area contributed by atoms with Gasteiger partial charge in [0.05, 0.1) is 0 Å². The number of nitrogens with two attached hydrogens (primary N) is 1. The third-order valence-electron chi connectivity index (χ3n) is 3.34. The minimum Gasteiger partial charge on any atom is -0.483 e. The Bertz CT molecular complexity index is 764. The van der Waals surface area contributed by atoms with Gasteiger partial charge in [0.25, 0.3) is 0 Å². The van der Waals surface area contributed by atoms with Crippen molar-refractivity contribution >= 4 is 28.9 Å². The molecule has 0 bridgehead atoms. The van der Waals surface area contributed by atoms with Crippen LogP contribution in [0.25, 0.3) is 11.3 Å². The van der Waals surface area contributed by atoms with Gasteiger partial charge in [-0.3, -0.25) is 4.79 Å². The van der Waals surface area contributed by atoms with E-state index < -0.39 is 12.0 Å². The Balaban J connectivity index is 2.37. The first-order valence-electron chi connectivity index (χ1n) is 6.12.